The molecule has 0 atom stereocenters. The van der Waals surface area contributed by atoms with Gasteiger partial charge < -0.3 is 9.88 Å². The van der Waals surface area contributed by atoms with Gasteiger partial charge in [-0.05, 0) is 35.0 Å². The second-order valence-corrected chi connectivity index (χ2v) is 11.6. The number of sulfonamides is 1. The third-order valence-corrected chi connectivity index (χ3v) is 9.68. The van der Waals surface area contributed by atoms with Crippen LogP contribution in [0.2, 0.25) is 5.02 Å². The lowest BCUT2D eigenvalue weighted by molar-refractivity contribution is 0.0685. The summed E-state index contributed by atoms with van der Waals surface area (Å²) in [6, 6.07) is 8.60. The first-order chi connectivity index (χ1) is 14.8. The molecule has 160 valence electrons. The summed E-state index contributed by atoms with van der Waals surface area (Å²) in [5.41, 5.74) is 0.123. The van der Waals surface area contributed by atoms with Crippen molar-refractivity contribution in [2.24, 2.45) is 0 Å². The van der Waals surface area contributed by atoms with Gasteiger partial charge in [0.05, 0.1) is 5.52 Å². The predicted molar refractivity (Wildman–Crippen MR) is 122 cm³/mol. The zero-order chi connectivity index (χ0) is 21.8. The van der Waals surface area contributed by atoms with E-state index in [9.17, 15) is 18.0 Å². The smallest absolute Gasteiger partial charge is 0.289 e. The highest BCUT2D eigenvalue weighted by atomic mass is 35.5. The number of piperazine rings is 1. The van der Waals surface area contributed by atoms with E-state index in [1.807, 2.05) is 0 Å². The highest BCUT2D eigenvalue weighted by Gasteiger charge is 2.32. The maximum Gasteiger partial charge on any atom is 0.289 e. The van der Waals surface area contributed by atoms with Gasteiger partial charge in [-0.3, -0.25) is 9.59 Å². The van der Waals surface area contributed by atoms with Crippen LogP contribution in [-0.2, 0) is 10.0 Å². The molecule has 0 bridgehead atoms. The Kier molecular flexibility index (Phi) is 5.10. The SMILES string of the molecule is O=C(c1nc2ccsc2c(=O)[nH]1)N1CCN(S(=O)(=O)c2cc3ccc(Cl)cc3s2)CC1. The van der Waals surface area contributed by atoms with Gasteiger partial charge in [0.25, 0.3) is 21.5 Å². The van der Waals surface area contributed by atoms with E-state index < -0.39 is 15.9 Å². The molecule has 1 saturated heterocycles. The van der Waals surface area contributed by atoms with Crippen molar-refractivity contribution in [1.29, 1.82) is 0 Å². The van der Waals surface area contributed by atoms with Gasteiger partial charge in [0.15, 0.2) is 5.82 Å². The van der Waals surface area contributed by atoms with E-state index >= 15 is 0 Å². The van der Waals surface area contributed by atoms with Crippen LogP contribution in [0.4, 0.5) is 0 Å². The molecule has 1 N–H and O–H groups in total. The van der Waals surface area contributed by atoms with Crippen LogP contribution in [0.25, 0.3) is 20.3 Å². The number of hydrogen-bond donors (Lipinski definition) is 1. The van der Waals surface area contributed by atoms with Gasteiger partial charge in [0.2, 0.25) is 0 Å². The van der Waals surface area contributed by atoms with Crippen molar-refractivity contribution in [3.63, 3.8) is 0 Å². The second kappa shape index (κ2) is 7.68. The molecule has 4 heterocycles. The van der Waals surface area contributed by atoms with Crippen molar-refractivity contribution >= 4 is 70.5 Å². The number of carbonyl (C=O) groups excluding carboxylic acids is 1. The van der Waals surface area contributed by atoms with Gasteiger partial charge in [-0.25, -0.2) is 13.4 Å². The zero-order valence-corrected chi connectivity index (χ0v) is 19.1. The van der Waals surface area contributed by atoms with E-state index in [0.717, 1.165) is 10.1 Å². The first-order valence-corrected chi connectivity index (χ1v) is 12.8. The van der Waals surface area contributed by atoms with Gasteiger partial charge in [-0.2, -0.15) is 4.31 Å². The van der Waals surface area contributed by atoms with Gasteiger partial charge in [-0.1, -0.05) is 17.7 Å². The molecule has 0 aliphatic carbocycles. The number of nitrogens with zero attached hydrogens (tertiary/aromatic N) is 3. The highest BCUT2D eigenvalue weighted by molar-refractivity contribution is 7.91. The van der Waals surface area contributed by atoms with Crippen LogP contribution in [0.3, 0.4) is 0 Å². The molecule has 3 aromatic heterocycles. The van der Waals surface area contributed by atoms with Crippen LogP contribution >= 0.6 is 34.3 Å². The van der Waals surface area contributed by atoms with Crippen LogP contribution in [0, 0.1) is 0 Å². The fourth-order valence-corrected chi connectivity index (χ4v) is 7.47. The van der Waals surface area contributed by atoms with Crippen molar-refractivity contribution in [3.8, 4) is 0 Å². The van der Waals surface area contributed by atoms with E-state index in [-0.39, 0.29) is 41.8 Å². The van der Waals surface area contributed by atoms with Crippen molar-refractivity contribution in [3.05, 3.63) is 56.9 Å². The summed E-state index contributed by atoms with van der Waals surface area (Å²) in [5, 5.41) is 3.12. The molecule has 1 fully saturated rings. The molecule has 4 aromatic rings. The summed E-state index contributed by atoms with van der Waals surface area (Å²) in [4.78, 5) is 33.2. The first-order valence-electron chi connectivity index (χ1n) is 9.29. The van der Waals surface area contributed by atoms with Crippen LogP contribution in [0.15, 0.2) is 44.7 Å². The zero-order valence-electron chi connectivity index (χ0n) is 15.9. The Morgan fingerprint density at radius 2 is 1.90 bits per heavy atom. The summed E-state index contributed by atoms with van der Waals surface area (Å²) in [6.45, 7) is 0.738. The van der Waals surface area contributed by atoms with E-state index in [1.165, 1.54) is 31.9 Å². The van der Waals surface area contributed by atoms with Crippen LogP contribution < -0.4 is 5.56 Å². The van der Waals surface area contributed by atoms with E-state index in [1.54, 1.807) is 35.7 Å². The number of aromatic amines is 1. The number of nitrogens with one attached hydrogen (secondary N) is 1. The summed E-state index contributed by atoms with van der Waals surface area (Å²) in [5.74, 6) is -0.452. The standard InChI is InChI=1S/C19H15ClN4O4S3/c20-12-2-1-11-9-15(30-14(11)10-12)31(27,28)24-6-4-23(5-7-24)19(26)17-21-13-3-8-29-16(13)18(25)22-17/h1-3,8-10H,4-7H2,(H,21,22,25). The molecule has 31 heavy (non-hydrogen) atoms. The molecule has 0 saturated carbocycles. The molecule has 12 heteroatoms. The molecule has 0 radical (unpaired) electrons. The minimum atomic E-state index is -3.68. The minimum Gasteiger partial charge on any atom is -0.333 e. The van der Waals surface area contributed by atoms with Gasteiger partial charge in [-0.15, -0.1) is 22.7 Å². The van der Waals surface area contributed by atoms with E-state index in [4.69, 9.17) is 11.6 Å². The fourth-order valence-electron chi connectivity index (χ4n) is 3.49. The second-order valence-electron chi connectivity index (χ2n) is 6.99. The Bertz CT molecular complexity index is 1480. The summed E-state index contributed by atoms with van der Waals surface area (Å²) in [7, 11) is -3.68. The third-order valence-electron chi connectivity index (χ3n) is 5.10. The lowest BCUT2D eigenvalue weighted by Gasteiger charge is -2.33. The number of carbonyl (C=O) groups is 1. The predicted octanol–water partition coefficient (Wildman–Crippen LogP) is 3.00. The van der Waals surface area contributed by atoms with E-state index in [0.29, 0.717) is 15.2 Å². The monoisotopic (exact) mass is 494 g/mol. The maximum atomic E-state index is 13.1. The summed E-state index contributed by atoms with van der Waals surface area (Å²) in [6.07, 6.45) is 0. The molecule has 1 aliphatic rings. The number of H-pyrrole nitrogens is 1. The lowest BCUT2D eigenvalue weighted by atomic mass is 10.3. The quantitative estimate of drug-likeness (QED) is 0.471. The van der Waals surface area contributed by atoms with Crippen molar-refractivity contribution < 1.29 is 13.2 Å². The molecule has 0 spiro atoms. The average Bonchev–Trinajstić information content (AvgIpc) is 3.40. The number of thiophene rings is 2. The Hall–Kier alpha value is -2.31. The summed E-state index contributed by atoms with van der Waals surface area (Å²) < 4.78 is 29.1. The molecule has 0 unspecified atom stereocenters. The average molecular weight is 495 g/mol. The maximum absolute atomic E-state index is 13.1. The summed E-state index contributed by atoms with van der Waals surface area (Å²) >= 11 is 8.44. The Labute approximate surface area is 189 Å². The van der Waals surface area contributed by atoms with Gasteiger partial charge in [0, 0.05) is 35.9 Å². The molecular weight excluding hydrogens is 480 g/mol. The van der Waals surface area contributed by atoms with Crippen LogP contribution in [0.1, 0.15) is 10.6 Å². The number of benzene rings is 1. The molecular formula is C19H15ClN4O4S3. The first kappa shape index (κ1) is 20.6. The Balaban J connectivity index is 1.33. The van der Waals surface area contributed by atoms with Gasteiger partial charge >= 0.3 is 0 Å². The minimum absolute atomic E-state index is 0.0337. The number of rotatable bonds is 3. The van der Waals surface area contributed by atoms with Crippen molar-refractivity contribution in [1.82, 2.24) is 19.2 Å². The highest BCUT2D eigenvalue weighted by Crippen LogP contribution is 2.33. The molecule has 1 amide bonds. The molecule has 5 rings (SSSR count). The third kappa shape index (κ3) is 3.66. The number of fused-ring (bicyclic) bond motifs is 2. The molecule has 8 nitrogen and oxygen atoms in total. The van der Waals surface area contributed by atoms with Crippen LogP contribution in [-0.4, -0.2) is 59.7 Å². The van der Waals surface area contributed by atoms with Crippen molar-refractivity contribution in [2.75, 3.05) is 26.2 Å². The van der Waals surface area contributed by atoms with Gasteiger partial charge in [0.1, 0.15) is 8.91 Å². The topological polar surface area (TPSA) is 103 Å². The van der Waals surface area contributed by atoms with E-state index in [2.05, 4.69) is 9.97 Å². The number of hydrogen-bond acceptors (Lipinski definition) is 7. The number of halogens is 1. The Morgan fingerprint density at radius 1 is 1.13 bits per heavy atom. The molecule has 1 aromatic carbocycles. The lowest BCUT2D eigenvalue weighted by Crippen LogP contribution is -2.50. The number of amides is 1. The normalized spacial score (nSPS) is 15.7. The Morgan fingerprint density at radius 3 is 2.68 bits per heavy atom. The number of aromatic nitrogens is 2. The van der Waals surface area contributed by atoms with Crippen LogP contribution in [0.5, 0.6) is 0 Å². The fraction of sp³-hybridized carbons (Fsp3) is 0.211. The van der Waals surface area contributed by atoms with Crippen molar-refractivity contribution in [2.45, 2.75) is 4.21 Å². The largest absolute Gasteiger partial charge is 0.333 e. The molecule has 1 aliphatic heterocycles.